The van der Waals surface area contributed by atoms with Gasteiger partial charge in [-0.2, -0.15) is 0 Å². The van der Waals surface area contributed by atoms with E-state index in [9.17, 15) is 14.4 Å². The first-order valence-electron chi connectivity index (χ1n) is 12.3. The van der Waals surface area contributed by atoms with Crippen molar-refractivity contribution in [1.82, 2.24) is 20.2 Å². The summed E-state index contributed by atoms with van der Waals surface area (Å²) < 4.78 is 17.8. The quantitative estimate of drug-likeness (QED) is 0.155. The minimum Gasteiger partial charge on any atom is -0.492 e. The summed E-state index contributed by atoms with van der Waals surface area (Å²) in [6.45, 7) is 10.3. The first kappa shape index (κ1) is 30.6. The lowest BCUT2D eigenvalue weighted by atomic mass is 10.2. The third-order valence-corrected chi connectivity index (χ3v) is 5.44. The first-order chi connectivity index (χ1) is 18.6. The maximum atomic E-state index is 13.3. The molecule has 1 heterocycles. The molecule has 1 aromatic heterocycles. The van der Waals surface area contributed by atoms with Gasteiger partial charge in [-0.05, 0) is 84.1 Å². The van der Waals surface area contributed by atoms with Gasteiger partial charge in [-0.25, -0.2) is 14.6 Å². The van der Waals surface area contributed by atoms with Crippen molar-refractivity contribution in [2.24, 2.45) is 4.99 Å². The van der Waals surface area contributed by atoms with Gasteiger partial charge in [0.05, 0.1) is 28.2 Å². The number of aromatic amines is 1. The minimum absolute atomic E-state index is 0.0417. The number of halogens is 1. The Hall–Kier alpha value is -3.90. The monoisotopic (exact) mass is 589 g/mol. The number of amides is 2. The third kappa shape index (κ3) is 8.82. The second kappa shape index (κ2) is 12.5. The van der Waals surface area contributed by atoms with Crippen LogP contribution in [0.4, 0.5) is 9.59 Å². The molecule has 3 rings (SSSR count). The van der Waals surface area contributed by atoms with E-state index in [0.717, 1.165) is 0 Å². The molecule has 3 aromatic rings. The highest BCUT2D eigenvalue weighted by Gasteiger charge is 2.21. The van der Waals surface area contributed by atoms with Crippen LogP contribution >= 0.6 is 23.8 Å². The number of carbonyl (C=O) groups is 2. The number of para-hydroxylation sites is 1. The van der Waals surface area contributed by atoms with Crippen LogP contribution in [-0.2, 0) is 9.47 Å². The highest BCUT2D eigenvalue weighted by molar-refractivity contribution is 7.71. The van der Waals surface area contributed by atoms with Gasteiger partial charge in [0, 0.05) is 0 Å². The number of aliphatic imine (C=N–C) groups is 1. The minimum atomic E-state index is -0.801. The van der Waals surface area contributed by atoms with Crippen LogP contribution in [0, 0.1) is 4.77 Å². The number of carbonyl (C=O) groups excluding carboxylic acids is 2. The standard InChI is InChI=1S/C27H32ClN5O6S/c1-26(2,3)38-24(35)31-22(32-25(36)39-27(4,5)6)29-13-14-37-16-11-12-19-17(15-16)21(34)33(23(40)30-19)20-10-8-7-9-18(20)28/h7-12,15H,13-14H2,1-6H3,(H,30,40)(H2,29,31,32,35,36). The molecule has 0 fully saturated rings. The van der Waals surface area contributed by atoms with E-state index in [4.69, 9.17) is 38.0 Å². The Morgan fingerprint density at radius 1 is 1.00 bits per heavy atom. The smallest absolute Gasteiger partial charge is 0.414 e. The molecule has 13 heteroatoms. The number of ether oxygens (including phenoxy) is 3. The van der Waals surface area contributed by atoms with Gasteiger partial charge in [-0.1, -0.05) is 23.7 Å². The first-order valence-corrected chi connectivity index (χ1v) is 13.1. The van der Waals surface area contributed by atoms with Crippen molar-refractivity contribution in [1.29, 1.82) is 0 Å². The molecule has 0 bridgehead atoms. The summed E-state index contributed by atoms with van der Waals surface area (Å²) >= 11 is 11.7. The second-order valence-corrected chi connectivity index (χ2v) is 11.4. The number of nitrogens with zero attached hydrogens (tertiary/aromatic N) is 2. The number of H-pyrrole nitrogens is 1. The van der Waals surface area contributed by atoms with Crippen LogP contribution in [0.25, 0.3) is 16.6 Å². The number of guanidine groups is 1. The maximum Gasteiger partial charge on any atom is 0.414 e. The van der Waals surface area contributed by atoms with Crippen molar-refractivity contribution < 1.29 is 23.8 Å². The van der Waals surface area contributed by atoms with Gasteiger partial charge in [0.2, 0.25) is 5.96 Å². The Labute approximate surface area is 241 Å². The SMILES string of the molecule is CC(C)(C)OC(=O)NC(=NCCOc1ccc2[nH]c(=S)n(-c3ccccc3Cl)c(=O)c2c1)NC(=O)OC(C)(C)C. The summed E-state index contributed by atoms with van der Waals surface area (Å²) in [5.41, 5.74) is -0.877. The summed E-state index contributed by atoms with van der Waals surface area (Å²) in [6.07, 6.45) is -1.60. The molecule has 214 valence electrons. The highest BCUT2D eigenvalue weighted by atomic mass is 35.5. The van der Waals surface area contributed by atoms with Crippen LogP contribution < -0.4 is 20.9 Å². The van der Waals surface area contributed by atoms with Crippen LogP contribution in [-0.4, -0.2) is 52.1 Å². The highest BCUT2D eigenvalue weighted by Crippen LogP contribution is 2.21. The zero-order valence-electron chi connectivity index (χ0n) is 23.1. The van der Waals surface area contributed by atoms with Crippen molar-refractivity contribution in [3.63, 3.8) is 0 Å². The number of alkyl carbamates (subject to hydrolysis) is 2. The summed E-state index contributed by atoms with van der Waals surface area (Å²) in [6, 6.07) is 11.8. The molecule has 0 spiro atoms. The van der Waals surface area contributed by atoms with Gasteiger partial charge in [0.1, 0.15) is 23.6 Å². The Balaban J connectivity index is 1.77. The largest absolute Gasteiger partial charge is 0.492 e. The molecule has 3 N–H and O–H groups in total. The van der Waals surface area contributed by atoms with Crippen molar-refractivity contribution in [2.75, 3.05) is 13.2 Å². The average molecular weight is 590 g/mol. The van der Waals surface area contributed by atoms with Crippen LogP contribution in [0.5, 0.6) is 5.75 Å². The average Bonchev–Trinajstić information content (AvgIpc) is 2.80. The molecule has 11 nitrogen and oxygen atoms in total. The number of rotatable bonds is 5. The molecular formula is C27H32ClN5O6S. The molecule has 0 aliphatic carbocycles. The van der Waals surface area contributed by atoms with Gasteiger partial charge >= 0.3 is 12.2 Å². The topological polar surface area (TPSA) is 136 Å². The molecule has 0 radical (unpaired) electrons. The summed E-state index contributed by atoms with van der Waals surface area (Å²) in [5.74, 6) is 0.235. The fraction of sp³-hybridized carbons (Fsp3) is 0.370. The normalized spacial score (nSPS) is 11.5. The molecule has 0 saturated heterocycles. The zero-order chi connectivity index (χ0) is 29.7. The number of benzene rings is 2. The van der Waals surface area contributed by atoms with Crippen molar-refractivity contribution in [2.45, 2.75) is 52.7 Å². The van der Waals surface area contributed by atoms with Gasteiger partial charge in [0.25, 0.3) is 5.56 Å². The molecule has 0 atom stereocenters. The third-order valence-electron chi connectivity index (χ3n) is 4.83. The van der Waals surface area contributed by atoms with Crippen LogP contribution in [0.2, 0.25) is 5.02 Å². The number of hydrogen-bond acceptors (Lipinski definition) is 8. The second-order valence-electron chi connectivity index (χ2n) is 10.6. The van der Waals surface area contributed by atoms with Crippen LogP contribution in [0.1, 0.15) is 41.5 Å². The van der Waals surface area contributed by atoms with E-state index >= 15 is 0 Å². The van der Waals surface area contributed by atoms with E-state index < -0.39 is 23.4 Å². The van der Waals surface area contributed by atoms with Crippen LogP contribution in [0.15, 0.2) is 52.3 Å². The number of aromatic nitrogens is 2. The van der Waals surface area contributed by atoms with Gasteiger partial charge in [-0.15, -0.1) is 0 Å². The summed E-state index contributed by atoms with van der Waals surface area (Å²) in [7, 11) is 0. The molecule has 2 aromatic carbocycles. The van der Waals surface area contributed by atoms with Crippen molar-refractivity contribution in [3.8, 4) is 11.4 Å². The molecule has 0 aliphatic rings. The van der Waals surface area contributed by atoms with E-state index in [1.807, 2.05) is 0 Å². The van der Waals surface area contributed by atoms with Crippen LogP contribution in [0.3, 0.4) is 0 Å². The molecule has 0 saturated carbocycles. The maximum absolute atomic E-state index is 13.3. The van der Waals surface area contributed by atoms with E-state index in [0.29, 0.717) is 27.4 Å². The molecule has 0 aliphatic heterocycles. The van der Waals surface area contributed by atoms with Gasteiger partial charge in [-0.3, -0.25) is 20.0 Å². The molecular weight excluding hydrogens is 558 g/mol. The Bertz CT molecular complexity index is 1520. The predicted molar refractivity (Wildman–Crippen MR) is 156 cm³/mol. The van der Waals surface area contributed by atoms with Crippen molar-refractivity contribution in [3.05, 3.63) is 62.6 Å². The van der Waals surface area contributed by atoms with E-state index in [1.165, 1.54) is 4.57 Å². The van der Waals surface area contributed by atoms with E-state index in [1.54, 1.807) is 84.0 Å². The summed E-state index contributed by atoms with van der Waals surface area (Å²) in [4.78, 5) is 45.0. The Morgan fingerprint density at radius 2 is 1.60 bits per heavy atom. The number of fused-ring (bicyclic) bond motifs is 1. The molecule has 40 heavy (non-hydrogen) atoms. The van der Waals surface area contributed by atoms with Gasteiger partial charge in [0.15, 0.2) is 4.77 Å². The fourth-order valence-electron chi connectivity index (χ4n) is 3.37. The van der Waals surface area contributed by atoms with E-state index in [-0.39, 0.29) is 29.4 Å². The fourth-order valence-corrected chi connectivity index (χ4v) is 3.88. The lowest BCUT2D eigenvalue weighted by Crippen LogP contribution is -2.47. The lowest BCUT2D eigenvalue weighted by molar-refractivity contribution is 0.0545. The Kier molecular flexibility index (Phi) is 9.59. The molecule has 0 unspecified atom stereocenters. The lowest BCUT2D eigenvalue weighted by Gasteiger charge is -2.22. The summed E-state index contributed by atoms with van der Waals surface area (Å²) in [5, 5.41) is 5.53. The predicted octanol–water partition coefficient (Wildman–Crippen LogP) is 5.49. The Morgan fingerprint density at radius 3 is 2.17 bits per heavy atom. The van der Waals surface area contributed by atoms with Gasteiger partial charge < -0.3 is 19.2 Å². The van der Waals surface area contributed by atoms with Crippen molar-refractivity contribution >= 4 is 52.9 Å². The number of nitrogens with one attached hydrogen (secondary N) is 3. The van der Waals surface area contributed by atoms with E-state index in [2.05, 4.69) is 20.6 Å². The zero-order valence-corrected chi connectivity index (χ0v) is 24.7. The molecule has 2 amide bonds. The number of hydrogen-bond donors (Lipinski definition) is 3.